The molecule has 2 heteroatoms. The van der Waals surface area contributed by atoms with Gasteiger partial charge in [0.05, 0.1) is 6.61 Å². The van der Waals surface area contributed by atoms with E-state index < -0.39 is 6.10 Å². The van der Waals surface area contributed by atoms with Crippen molar-refractivity contribution in [2.45, 2.75) is 26.4 Å². The van der Waals surface area contributed by atoms with Crippen molar-refractivity contribution in [3.63, 3.8) is 0 Å². The third kappa shape index (κ3) is 2.02. The van der Waals surface area contributed by atoms with Gasteiger partial charge in [-0.25, -0.2) is 0 Å². The molecule has 0 fully saturated rings. The van der Waals surface area contributed by atoms with Crippen LogP contribution in [0.15, 0.2) is 36.4 Å². The third-order valence-corrected chi connectivity index (χ3v) is 3.85. The fraction of sp³-hybridized carbons (Fsp3) is 0.294. The summed E-state index contributed by atoms with van der Waals surface area (Å²) in [5.74, 6) is 0.873. The average molecular weight is 254 g/mol. The van der Waals surface area contributed by atoms with E-state index >= 15 is 0 Å². The summed E-state index contributed by atoms with van der Waals surface area (Å²) in [5.41, 5.74) is 5.30. The maximum absolute atomic E-state index is 10.7. The van der Waals surface area contributed by atoms with Gasteiger partial charge in [-0.15, -0.1) is 0 Å². The number of hydrogen-bond acceptors (Lipinski definition) is 2. The summed E-state index contributed by atoms with van der Waals surface area (Å²) in [7, 11) is 0. The van der Waals surface area contributed by atoms with Crippen molar-refractivity contribution in [1.29, 1.82) is 0 Å². The molecule has 98 valence electrons. The van der Waals surface area contributed by atoms with Gasteiger partial charge in [0.25, 0.3) is 0 Å². The van der Waals surface area contributed by atoms with Crippen LogP contribution in [0.1, 0.15) is 33.9 Å². The highest BCUT2D eigenvalue weighted by Crippen LogP contribution is 2.37. The van der Waals surface area contributed by atoms with Crippen molar-refractivity contribution in [2.24, 2.45) is 0 Å². The maximum Gasteiger partial charge on any atom is 0.128 e. The highest BCUT2D eigenvalue weighted by molar-refractivity contribution is 5.50. The molecule has 0 aliphatic carbocycles. The SMILES string of the molecule is Cc1cccc(C)c1C(O)c1cccc2c1OCC2. The Labute approximate surface area is 113 Å². The molecule has 19 heavy (non-hydrogen) atoms. The van der Waals surface area contributed by atoms with Crippen LogP contribution in [0, 0.1) is 13.8 Å². The summed E-state index contributed by atoms with van der Waals surface area (Å²) in [6.07, 6.45) is 0.317. The molecule has 0 amide bonds. The lowest BCUT2D eigenvalue weighted by atomic mass is 9.92. The van der Waals surface area contributed by atoms with E-state index in [1.165, 1.54) is 5.56 Å². The number of benzene rings is 2. The second kappa shape index (κ2) is 4.71. The van der Waals surface area contributed by atoms with Gasteiger partial charge >= 0.3 is 0 Å². The van der Waals surface area contributed by atoms with Gasteiger partial charge in [0.15, 0.2) is 0 Å². The van der Waals surface area contributed by atoms with Crippen molar-refractivity contribution in [2.75, 3.05) is 6.61 Å². The minimum absolute atomic E-state index is 0.616. The zero-order valence-electron chi connectivity index (χ0n) is 11.3. The normalized spacial score (nSPS) is 14.9. The van der Waals surface area contributed by atoms with Gasteiger partial charge in [-0.3, -0.25) is 0 Å². The standard InChI is InChI=1S/C17H18O2/c1-11-5-3-6-12(2)15(11)16(18)14-8-4-7-13-9-10-19-17(13)14/h3-8,16,18H,9-10H2,1-2H3. The zero-order chi connectivity index (χ0) is 13.4. The van der Waals surface area contributed by atoms with E-state index in [0.29, 0.717) is 6.61 Å². The second-order valence-electron chi connectivity index (χ2n) is 5.14. The molecule has 0 spiro atoms. The first-order chi connectivity index (χ1) is 9.18. The van der Waals surface area contributed by atoms with Gasteiger partial charge in [-0.2, -0.15) is 0 Å². The summed E-state index contributed by atoms with van der Waals surface area (Å²) in [6, 6.07) is 12.1. The number of rotatable bonds is 2. The lowest BCUT2D eigenvalue weighted by Crippen LogP contribution is -2.06. The van der Waals surface area contributed by atoms with Gasteiger partial charge in [-0.05, 0) is 36.1 Å². The Morgan fingerprint density at radius 1 is 1.05 bits per heavy atom. The van der Waals surface area contributed by atoms with E-state index in [-0.39, 0.29) is 0 Å². The van der Waals surface area contributed by atoms with Crippen LogP contribution in [0.25, 0.3) is 0 Å². The van der Waals surface area contributed by atoms with Gasteiger partial charge < -0.3 is 9.84 Å². The minimum atomic E-state index is -0.616. The quantitative estimate of drug-likeness (QED) is 0.890. The molecule has 2 aromatic carbocycles. The van der Waals surface area contributed by atoms with Gasteiger partial charge in [-0.1, -0.05) is 36.4 Å². The number of ether oxygens (including phenoxy) is 1. The predicted octanol–water partition coefficient (Wildman–Crippen LogP) is 3.32. The van der Waals surface area contributed by atoms with E-state index in [1.54, 1.807) is 0 Å². The first-order valence-corrected chi connectivity index (χ1v) is 6.67. The fourth-order valence-corrected chi connectivity index (χ4v) is 2.87. The summed E-state index contributed by atoms with van der Waals surface area (Å²) >= 11 is 0. The molecule has 0 radical (unpaired) electrons. The number of para-hydroxylation sites is 1. The lowest BCUT2D eigenvalue weighted by molar-refractivity contribution is 0.212. The lowest BCUT2D eigenvalue weighted by Gasteiger charge is -2.19. The van der Waals surface area contributed by atoms with Gasteiger partial charge in [0.2, 0.25) is 0 Å². The Hall–Kier alpha value is -1.80. The maximum atomic E-state index is 10.7. The number of aliphatic hydroxyl groups is 1. The molecule has 1 heterocycles. The number of fused-ring (bicyclic) bond motifs is 1. The molecule has 0 bridgehead atoms. The Bertz CT molecular complexity index is 596. The fourth-order valence-electron chi connectivity index (χ4n) is 2.87. The molecule has 1 atom stereocenters. The first kappa shape index (κ1) is 12.2. The molecule has 2 nitrogen and oxygen atoms in total. The van der Waals surface area contributed by atoms with Crippen LogP contribution in [0.4, 0.5) is 0 Å². The molecule has 0 aromatic heterocycles. The predicted molar refractivity (Wildman–Crippen MR) is 75.6 cm³/mol. The highest BCUT2D eigenvalue weighted by atomic mass is 16.5. The van der Waals surface area contributed by atoms with E-state index in [9.17, 15) is 5.11 Å². The Morgan fingerprint density at radius 3 is 2.47 bits per heavy atom. The smallest absolute Gasteiger partial charge is 0.128 e. The van der Waals surface area contributed by atoms with Crippen LogP contribution >= 0.6 is 0 Å². The van der Waals surface area contributed by atoms with Gasteiger partial charge in [0, 0.05) is 12.0 Å². The molecular weight excluding hydrogens is 236 g/mol. The molecule has 1 N–H and O–H groups in total. The molecular formula is C17H18O2. The van der Waals surface area contributed by atoms with Crippen LogP contribution < -0.4 is 4.74 Å². The summed E-state index contributed by atoms with van der Waals surface area (Å²) < 4.78 is 5.69. The van der Waals surface area contributed by atoms with Crippen molar-refractivity contribution in [3.05, 3.63) is 64.2 Å². The highest BCUT2D eigenvalue weighted by Gasteiger charge is 2.23. The van der Waals surface area contributed by atoms with E-state index in [0.717, 1.165) is 34.4 Å². The second-order valence-corrected chi connectivity index (χ2v) is 5.14. The Morgan fingerprint density at radius 2 is 1.74 bits per heavy atom. The molecule has 1 aliphatic heterocycles. The third-order valence-electron chi connectivity index (χ3n) is 3.85. The summed E-state index contributed by atoms with van der Waals surface area (Å²) in [6.45, 7) is 4.79. The van der Waals surface area contributed by atoms with E-state index in [2.05, 4.69) is 6.07 Å². The average Bonchev–Trinajstić information content (AvgIpc) is 2.86. The van der Waals surface area contributed by atoms with Crippen molar-refractivity contribution < 1.29 is 9.84 Å². The Kier molecular flexibility index (Phi) is 3.03. The van der Waals surface area contributed by atoms with Crippen LogP contribution in [-0.4, -0.2) is 11.7 Å². The number of aliphatic hydroxyl groups excluding tert-OH is 1. The minimum Gasteiger partial charge on any atom is -0.493 e. The molecule has 0 saturated carbocycles. The van der Waals surface area contributed by atoms with E-state index in [4.69, 9.17) is 4.74 Å². The number of aryl methyl sites for hydroxylation is 2. The zero-order valence-corrected chi connectivity index (χ0v) is 11.3. The van der Waals surface area contributed by atoms with Crippen molar-refractivity contribution >= 4 is 0 Å². The number of hydrogen-bond donors (Lipinski definition) is 1. The van der Waals surface area contributed by atoms with Crippen molar-refractivity contribution in [1.82, 2.24) is 0 Å². The molecule has 2 aromatic rings. The van der Waals surface area contributed by atoms with E-state index in [1.807, 2.05) is 44.2 Å². The first-order valence-electron chi connectivity index (χ1n) is 6.67. The monoisotopic (exact) mass is 254 g/mol. The molecule has 1 unspecified atom stereocenters. The largest absolute Gasteiger partial charge is 0.493 e. The Balaban J connectivity index is 2.10. The summed E-state index contributed by atoms with van der Waals surface area (Å²) in [5, 5.41) is 10.7. The molecule has 0 saturated heterocycles. The molecule has 3 rings (SSSR count). The van der Waals surface area contributed by atoms with Crippen LogP contribution in [-0.2, 0) is 6.42 Å². The summed E-state index contributed by atoms with van der Waals surface area (Å²) in [4.78, 5) is 0. The van der Waals surface area contributed by atoms with Crippen LogP contribution in [0.5, 0.6) is 5.75 Å². The van der Waals surface area contributed by atoms with Crippen molar-refractivity contribution in [3.8, 4) is 5.75 Å². The van der Waals surface area contributed by atoms with Crippen LogP contribution in [0.3, 0.4) is 0 Å². The van der Waals surface area contributed by atoms with Gasteiger partial charge in [0.1, 0.15) is 11.9 Å². The topological polar surface area (TPSA) is 29.5 Å². The van der Waals surface area contributed by atoms with Crippen LogP contribution in [0.2, 0.25) is 0 Å². The molecule has 1 aliphatic rings.